The molecule has 3 heterocycles. The van der Waals surface area contributed by atoms with Crippen LogP contribution in [0.2, 0.25) is 0 Å². The molecule has 2 saturated heterocycles. The van der Waals surface area contributed by atoms with E-state index in [9.17, 15) is 9.59 Å². The van der Waals surface area contributed by atoms with Gasteiger partial charge in [0.1, 0.15) is 6.10 Å². The van der Waals surface area contributed by atoms with E-state index in [-0.39, 0.29) is 18.2 Å². The lowest BCUT2D eigenvalue weighted by Crippen LogP contribution is -2.53. The number of ether oxygens (including phenoxy) is 2. The Balaban J connectivity index is 1.36. The highest BCUT2D eigenvalue weighted by Gasteiger charge is 2.39. The fraction of sp³-hybridized carbons (Fsp3) is 0.667. The van der Waals surface area contributed by atoms with Gasteiger partial charge in [0, 0.05) is 25.1 Å². The van der Waals surface area contributed by atoms with E-state index in [4.69, 9.17) is 9.47 Å². The summed E-state index contributed by atoms with van der Waals surface area (Å²) in [6.07, 6.45) is 4.13. The van der Waals surface area contributed by atoms with Gasteiger partial charge in [0.2, 0.25) is 0 Å². The maximum atomic E-state index is 12.6. The lowest BCUT2D eigenvalue weighted by atomic mass is 9.82. The Morgan fingerprint density at radius 1 is 1.20 bits per heavy atom. The van der Waals surface area contributed by atoms with Gasteiger partial charge in [0.05, 0.1) is 19.3 Å². The Morgan fingerprint density at radius 2 is 2.12 bits per heavy atom. The number of rotatable bonds is 2. The minimum absolute atomic E-state index is 0.0615. The first-order valence-electron chi connectivity index (χ1n) is 9.07. The Hall–Kier alpha value is -1.44. The Kier molecular flexibility index (Phi) is 5.05. The van der Waals surface area contributed by atoms with Crippen LogP contribution in [0.25, 0.3) is 0 Å². The van der Waals surface area contributed by atoms with Gasteiger partial charge in [-0.2, -0.15) is 11.3 Å². The first kappa shape index (κ1) is 17.0. The van der Waals surface area contributed by atoms with Crippen LogP contribution >= 0.6 is 11.3 Å². The van der Waals surface area contributed by atoms with Crippen LogP contribution in [0, 0.1) is 5.92 Å². The summed E-state index contributed by atoms with van der Waals surface area (Å²) in [5.41, 5.74) is 1.07. The fourth-order valence-electron chi connectivity index (χ4n) is 4.22. The van der Waals surface area contributed by atoms with Crippen LogP contribution in [0.1, 0.15) is 37.4 Å². The first-order chi connectivity index (χ1) is 12.2. The molecule has 3 fully saturated rings. The molecule has 7 heteroatoms. The molecule has 3 aliphatic rings. The summed E-state index contributed by atoms with van der Waals surface area (Å²) in [7, 11) is 0. The second-order valence-corrected chi connectivity index (χ2v) is 7.82. The lowest BCUT2D eigenvalue weighted by molar-refractivity contribution is -0.151. The van der Waals surface area contributed by atoms with Crippen molar-refractivity contribution in [3.05, 3.63) is 22.4 Å². The van der Waals surface area contributed by atoms with Crippen LogP contribution in [0.3, 0.4) is 0 Å². The van der Waals surface area contributed by atoms with E-state index >= 15 is 0 Å². The molecule has 6 nitrogen and oxygen atoms in total. The van der Waals surface area contributed by atoms with E-state index < -0.39 is 11.8 Å². The summed E-state index contributed by atoms with van der Waals surface area (Å²) in [6, 6.07) is 2.07. The third-order valence-corrected chi connectivity index (χ3v) is 6.26. The van der Waals surface area contributed by atoms with Gasteiger partial charge in [-0.05, 0) is 48.1 Å². The third-order valence-electron chi connectivity index (χ3n) is 5.56. The van der Waals surface area contributed by atoms with Crippen molar-refractivity contribution in [2.45, 2.75) is 43.9 Å². The van der Waals surface area contributed by atoms with E-state index in [1.807, 2.05) is 16.8 Å². The Morgan fingerprint density at radius 3 is 2.96 bits per heavy atom. The van der Waals surface area contributed by atoms with Crippen molar-refractivity contribution in [2.75, 3.05) is 26.3 Å². The number of morpholine rings is 1. The van der Waals surface area contributed by atoms with Crippen LogP contribution in [0.5, 0.6) is 0 Å². The minimum Gasteiger partial charge on any atom is -0.378 e. The summed E-state index contributed by atoms with van der Waals surface area (Å²) in [5, 5.41) is 7.01. The second kappa shape index (κ2) is 7.43. The molecule has 1 N–H and O–H groups in total. The van der Waals surface area contributed by atoms with Crippen molar-refractivity contribution >= 4 is 23.2 Å². The molecule has 4 atom stereocenters. The molecule has 1 aromatic rings. The Bertz CT molecular complexity index is 621. The quantitative estimate of drug-likeness (QED) is 0.812. The lowest BCUT2D eigenvalue weighted by Gasteiger charge is -2.35. The van der Waals surface area contributed by atoms with Crippen molar-refractivity contribution < 1.29 is 19.1 Å². The average molecular weight is 364 g/mol. The molecule has 0 spiro atoms. The molecular formula is C18H24N2O4S. The highest BCUT2D eigenvalue weighted by molar-refractivity contribution is 7.07. The number of hydrogen-bond donors (Lipinski definition) is 1. The Labute approximate surface area is 151 Å². The molecule has 4 unspecified atom stereocenters. The second-order valence-electron chi connectivity index (χ2n) is 7.04. The summed E-state index contributed by atoms with van der Waals surface area (Å²) >= 11 is 1.61. The predicted octanol–water partition coefficient (Wildman–Crippen LogP) is 1.72. The zero-order valence-electron chi connectivity index (χ0n) is 14.2. The molecule has 1 saturated carbocycles. The molecule has 0 bridgehead atoms. The summed E-state index contributed by atoms with van der Waals surface area (Å²) < 4.78 is 11.5. The van der Waals surface area contributed by atoms with Gasteiger partial charge < -0.3 is 19.7 Å². The van der Waals surface area contributed by atoms with Gasteiger partial charge in [-0.3, -0.25) is 9.59 Å². The molecule has 0 radical (unpaired) electrons. The number of fused-ring (bicyclic) bond motifs is 1. The minimum atomic E-state index is -0.483. The maximum Gasteiger partial charge on any atom is 0.312 e. The normalized spacial score (nSPS) is 32.2. The third kappa shape index (κ3) is 3.59. The van der Waals surface area contributed by atoms with Gasteiger partial charge in [0.25, 0.3) is 0 Å². The van der Waals surface area contributed by atoms with Crippen LogP contribution in [-0.2, 0) is 19.1 Å². The number of amides is 2. The maximum absolute atomic E-state index is 12.6. The number of thiophene rings is 1. The highest BCUT2D eigenvalue weighted by atomic mass is 32.1. The van der Waals surface area contributed by atoms with Gasteiger partial charge in [0.15, 0.2) is 0 Å². The number of carbonyl (C=O) groups is 2. The van der Waals surface area contributed by atoms with Crippen LogP contribution in [-0.4, -0.2) is 55.2 Å². The van der Waals surface area contributed by atoms with Crippen molar-refractivity contribution in [1.29, 1.82) is 0 Å². The smallest absolute Gasteiger partial charge is 0.312 e. The number of hydrogen-bond acceptors (Lipinski definition) is 5. The van der Waals surface area contributed by atoms with E-state index in [0.717, 1.165) is 37.9 Å². The molecule has 0 aromatic carbocycles. The zero-order valence-corrected chi connectivity index (χ0v) is 15.0. The van der Waals surface area contributed by atoms with Crippen molar-refractivity contribution in [2.24, 2.45) is 5.92 Å². The molecule has 1 aromatic heterocycles. The topological polar surface area (TPSA) is 67.9 Å². The van der Waals surface area contributed by atoms with Gasteiger partial charge in [-0.25, -0.2) is 0 Å². The monoisotopic (exact) mass is 364 g/mol. The summed E-state index contributed by atoms with van der Waals surface area (Å²) in [5.74, 6) is -0.568. The molecule has 4 rings (SSSR count). The number of carbonyl (C=O) groups excluding carboxylic acids is 2. The van der Waals surface area contributed by atoms with E-state index in [1.54, 1.807) is 16.2 Å². The molecule has 136 valence electrons. The van der Waals surface area contributed by atoms with Crippen LogP contribution in [0.15, 0.2) is 16.8 Å². The van der Waals surface area contributed by atoms with E-state index in [0.29, 0.717) is 25.6 Å². The van der Waals surface area contributed by atoms with Crippen molar-refractivity contribution in [1.82, 2.24) is 10.2 Å². The standard InChI is InChI=1S/C18H24N2O4S/c21-17(19-14-2-1-3-15-13(14)4-7-23-15)18(22)20-6-8-24-16(10-20)12-5-9-25-11-12/h5,9,11,13-16H,1-4,6-8,10H2,(H,19,21). The molecular weight excluding hydrogens is 340 g/mol. The van der Waals surface area contributed by atoms with Crippen LogP contribution in [0.4, 0.5) is 0 Å². The summed E-state index contributed by atoms with van der Waals surface area (Å²) in [4.78, 5) is 26.7. The largest absolute Gasteiger partial charge is 0.378 e. The summed E-state index contributed by atoms with van der Waals surface area (Å²) in [6.45, 7) is 2.12. The predicted molar refractivity (Wildman–Crippen MR) is 93.2 cm³/mol. The number of nitrogens with zero attached hydrogens (tertiary/aromatic N) is 1. The van der Waals surface area contributed by atoms with Gasteiger partial charge in [-0.1, -0.05) is 0 Å². The van der Waals surface area contributed by atoms with E-state index in [2.05, 4.69) is 5.32 Å². The van der Waals surface area contributed by atoms with E-state index in [1.165, 1.54) is 0 Å². The van der Waals surface area contributed by atoms with Crippen molar-refractivity contribution in [3.8, 4) is 0 Å². The molecule has 25 heavy (non-hydrogen) atoms. The SMILES string of the molecule is O=C(NC1CCCC2OCCC12)C(=O)N1CCOC(c2ccsc2)C1. The molecule has 2 amide bonds. The first-order valence-corrected chi connectivity index (χ1v) is 10.0. The molecule has 2 aliphatic heterocycles. The average Bonchev–Trinajstić information content (AvgIpc) is 3.33. The fourth-order valence-corrected chi connectivity index (χ4v) is 4.92. The molecule has 1 aliphatic carbocycles. The van der Waals surface area contributed by atoms with Gasteiger partial charge in [-0.15, -0.1) is 0 Å². The number of nitrogens with one attached hydrogen (secondary N) is 1. The van der Waals surface area contributed by atoms with Crippen LogP contribution < -0.4 is 5.32 Å². The zero-order chi connectivity index (χ0) is 17.2. The highest BCUT2D eigenvalue weighted by Crippen LogP contribution is 2.34. The van der Waals surface area contributed by atoms with Crippen molar-refractivity contribution in [3.63, 3.8) is 0 Å². The van der Waals surface area contributed by atoms with Gasteiger partial charge >= 0.3 is 11.8 Å².